The number of nitrogens with one attached hydrogen (secondary N) is 1. The van der Waals surface area contributed by atoms with Gasteiger partial charge >= 0.3 is 0 Å². The summed E-state index contributed by atoms with van der Waals surface area (Å²) in [4.78, 5) is 0. The van der Waals surface area contributed by atoms with Crippen molar-refractivity contribution in [3.05, 3.63) is 0 Å². The summed E-state index contributed by atoms with van der Waals surface area (Å²) in [5, 5.41) is 20.7. The van der Waals surface area contributed by atoms with Crippen molar-refractivity contribution in [1.82, 2.24) is 5.32 Å². The molecule has 4 nitrogen and oxygen atoms in total. The van der Waals surface area contributed by atoms with Gasteiger partial charge in [-0.1, -0.05) is 0 Å². The molecular formula is C7H20NO3Si2. The first-order valence-electron chi connectivity index (χ1n) is 4.31. The predicted octanol–water partition coefficient (Wildman–Crippen LogP) is 0.246. The largest absolute Gasteiger partial charge is 0.455 e. The van der Waals surface area contributed by atoms with E-state index in [1.165, 1.54) is 6.92 Å². The van der Waals surface area contributed by atoms with Gasteiger partial charge in [0.1, 0.15) is 0 Å². The molecule has 0 aliphatic rings. The molecule has 0 saturated heterocycles. The molecule has 6 heteroatoms. The van der Waals surface area contributed by atoms with Gasteiger partial charge in [0, 0.05) is 13.1 Å². The zero-order valence-electron chi connectivity index (χ0n) is 9.01. The van der Waals surface area contributed by atoms with E-state index in [9.17, 15) is 0 Å². The summed E-state index contributed by atoms with van der Waals surface area (Å²) >= 11 is 0. The van der Waals surface area contributed by atoms with Crippen LogP contribution in [0.3, 0.4) is 0 Å². The zero-order chi connectivity index (χ0) is 10.7. The van der Waals surface area contributed by atoms with Crippen molar-refractivity contribution < 1.29 is 14.3 Å². The van der Waals surface area contributed by atoms with Crippen LogP contribution in [0.4, 0.5) is 0 Å². The van der Waals surface area contributed by atoms with Crippen LogP contribution in [0.1, 0.15) is 6.92 Å². The van der Waals surface area contributed by atoms with Crippen LogP contribution in [-0.4, -0.2) is 39.6 Å². The zero-order valence-corrected chi connectivity index (χ0v) is 11.0. The molecule has 0 unspecified atom stereocenters. The van der Waals surface area contributed by atoms with Gasteiger partial charge in [-0.05, 0) is 26.2 Å². The Bertz CT molecular complexity index is 156. The maximum atomic E-state index is 9.03. The highest BCUT2D eigenvalue weighted by molar-refractivity contribution is 6.77. The van der Waals surface area contributed by atoms with E-state index in [0.29, 0.717) is 6.17 Å². The Hall–Kier alpha value is 0.274. The van der Waals surface area contributed by atoms with Crippen molar-refractivity contribution >= 4 is 17.4 Å². The van der Waals surface area contributed by atoms with E-state index in [0.717, 1.165) is 0 Å². The summed E-state index contributed by atoms with van der Waals surface area (Å²) in [5.74, 6) is -1.79. The maximum Gasteiger partial charge on any atom is 0.219 e. The first-order valence-corrected chi connectivity index (χ1v) is 9.84. The Labute approximate surface area is 82.8 Å². The number of rotatable bonds is 5. The van der Waals surface area contributed by atoms with Crippen LogP contribution < -0.4 is 5.32 Å². The number of hydrogen-bond acceptors (Lipinski definition) is 4. The van der Waals surface area contributed by atoms with Gasteiger partial charge in [0.2, 0.25) is 5.91 Å². The van der Waals surface area contributed by atoms with E-state index in [1.807, 2.05) is 0 Å². The molecule has 3 N–H and O–H groups in total. The summed E-state index contributed by atoms with van der Waals surface area (Å²) in [6.45, 7) is 9.58. The second-order valence-corrected chi connectivity index (χ2v) is 10.7. The molecule has 0 aromatic heterocycles. The molecule has 0 fully saturated rings. The van der Waals surface area contributed by atoms with Gasteiger partial charge < -0.3 is 14.3 Å². The molecule has 0 atom stereocenters. The molecule has 0 rings (SSSR count). The number of hydrogen-bond donors (Lipinski definition) is 3. The van der Waals surface area contributed by atoms with Gasteiger partial charge in [0.05, 0.1) is 0 Å². The minimum Gasteiger partial charge on any atom is -0.455 e. The molecule has 0 aromatic carbocycles. The molecule has 13 heavy (non-hydrogen) atoms. The molecule has 0 saturated carbocycles. The topological polar surface area (TPSA) is 61.7 Å². The quantitative estimate of drug-likeness (QED) is 0.461. The fourth-order valence-corrected chi connectivity index (χ4v) is 6.44. The molecule has 0 heterocycles. The standard InChI is InChI=1S/C7H20NO3Si2/c1-7(9,10)8-6-13(4,5)11-12(2)3/h8-10H,6H2,1-5H3. The van der Waals surface area contributed by atoms with Crippen molar-refractivity contribution in [3.63, 3.8) is 0 Å². The average Bonchev–Trinajstić information content (AvgIpc) is 1.79. The van der Waals surface area contributed by atoms with E-state index in [1.54, 1.807) is 0 Å². The van der Waals surface area contributed by atoms with Crippen molar-refractivity contribution in [3.8, 4) is 0 Å². The lowest BCUT2D eigenvalue weighted by Gasteiger charge is -2.28. The summed E-state index contributed by atoms with van der Waals surface area (Å²) in [5.41, 5.74) is 0. The van der Waals surface area contributed by atoms with Gasteiger partial charge in [0.15, 0.2) is 17.4 Å². The third kappa shape index (κ3) is 8.60. The van der Waals surface area contributed by atoms with E-state index >= 15 is 0 Å². The second-order valence-electron chi connectivity index (χ2n) is 4.14. The highest BCUT2D eigenvalue weighted by Gasteiger charge is 2.27. The normalized spacial score (nSPS) is 13.8. The van der Waals surface area contributed by atoms with Crippen LogP contribution in [0.15, 0.2) is 0 Å². The monoisotopic (exact) mass is 222 g/mol. The smallest absolute Gasteiger partial charge is 0.219 e. The van der Waals surface area contributed by atoms with Crippen LogP contribution in [-0.2, 0) is 4.12 Å². The average molecular weight is 222 g/mol. The van der Waals surface area contributed by atoms with Crippen LogP contribution in [0, 0.1) is 0 Å². The van der Waals surface area contributed by atoms with Crippen LogP contribution in [0.5, 0.6) is 0 Å². The summed E-state index contributed by atoms with van der Waals surface area (Å²) in [6, 6.07) is 0. The molecule has 1 radical (unpaired) electrons. The van der Waals surface area contributed by atoms with Crippen molar-refractivity contribution in [2.75, 3.05) is 6.17 Å². The predicted molar refractivity (Wildman–Crippen MR) is 56.9 cm³/mol. The molecule has 0 spiro atoms. The van der Waals surface area contributed by atoms with Gasteiger partial charge in [0.25, 0.3) is 0 Å². The van der Waals surface area contributed by atoms with Gasteiger partial charge in [-0.2, -0.15) is 0 Å². The number of aliphatic hydroxyl groups is 2. The van der Waals surface area contributed by atoms with Crippen molar-refractivity contribution in [2.24, 2.45) is 0 Å². The van der Waals surface area contributed by atoms with Crippen LogP contribution >= 0.6 is 0 Å². The van der Waals surface area contributed by atoms with Crippen LogP contribution in [0.25, 0.3) is 0 Å². The Morgan fingerprint density at radius 2 is 1.85 bits per heavy atom. The van der Waals surface area contributed by atoms with Crippen molar-refractivity contribution in [2.45, 2.75) is 39.0 Å². The third-order valence-corrected chi connectivity index (χ3v) is 6.20. The van der Waals surface area contributed by atoms with E-state index in [2.05, 4.69) is 31.5 Å². The Kier molecular flexibility index (Phi) is 4.77. The Morgan fingerprint density at radius 1 is 1.38 bits per heavy atom. The second kappa shape index (κ2) is 4.67. The minimum atomic E-state index is -1.79. The molecule has 0 aliphatic heterocycles. The SMILES string of the molecule is C[Si](C)O[Si](C)(C)CNC(C)(O)O. The Balaban J connectivity index is 3.89. The minimum absolute atomic E-state index is 0.548. The van der Waals surface area contributed by atoms with Crippen LogP contribution in [0.2, 0.25) is 26.2 Å². The van der Waals surface area contributed by atoms with E-state index < -0.39 is 23.3 Å². The lowest BCUT2D eigenvalue weighted by atomic mass is 10.6. The highest BCUT2D eigenvalue weighted by atomic mass is 28.4. The summed E-state index contributed by atoms with van der Waals surface area (Å²) in [6.07, 6.45) is 0.548. The summed E-state index contributed by atoms with van der Waals surface area (Å²) < 4.78 is 5.79. The summed E-state index contributed by atoms with van der Waals surface area (Å²) in [7, 11) is -2.46. The van der Waals surface area contributed by atoms with E-state index in [-0.39, 0.29) is 0 Å². The molecule has 0 aromatic rings. The van der Waals surface area contributed by atoms with Gasteiger partial charge in [-0.25, -0.2) is 0 Å². The third-order valence-electron chi connectivity index (χ3n) is 1.33. The fraction of sp³-hybridized carbons (Fsp3) is 1.00. The van der Waals surface area contributed by atoms with Crippen molar-refractivity contribution in [1.29, 1.82) is 0 Å². The molecule has 79 valence electrons. The molecule has 0 amide bonds. The maximum absolute atomic E-state index is 9.03. The lowest BCUT2D eigenvalue weighted by molar-refractivity contribution is -0.166. The van der Waals surface area contributed by atoms with Gasteiger partial charge in [-0.15, -0.1) is 0 Å². The molecule has 0 bridgehead atoms. The fourth-order valence-electron chi connectivity index (χ4n) is 0.969. The highest BCUT2D eigenvalue weighted by Crippen LogP contribution is 2.06. The van der Waals surface area contributed by atoms with E-state index in [4.69, 9.17) is 14.3 Å². The Morgan fingerprint density at radius 3 is 2.15 bits per heavy atom. The first kappa shape index (κ1) is 13.3. The molecule has 0 aliphatic carbocycles. The lowest BCUT2D eigenvalue weighted by Crippen LogP contribution is -2.53. The van der Waals surface area contributed by atoms with Gasteiger partial charge in [-0.3, -0.25) is 5.32 Å². The molecular weight excluding hydrogens is 202 g/mol. The first-order chi connectivity index (χ1) is 5.62.